The molecule has 0 aliphatic rings. The van der Waals surface area contributed by atoms with Crippen LogP contribution in [0.2, 0.25) is 10.0 Å². The molecule has 6 heteroatoms. The van der Waals surface area contributed by atoms with Crippen LogP contribution in [0.5, 0.6) is 0 Å². The monoisotopic (exact) mass is 319 g/mol. The molecule has 1 aromatic heterocycles. The van der Waals surface area contributed by atoms with Crippen LogP contribution >= 0.6 is 23.2 Å². The van der Waals surface area contributed by atoms with Gasteiger partial charge in [-0.25, -0.2) is 0 Å². The molecule has 2 N–H and O–H groups in total. The number of hydrogen-bond acceptors (Lipinski definition) is 4. The largest absolute Gasteiger partial charge is 0.399 e. The predicted molar refractivity (Wildman–Crippen MR) is 83.4 cm³/mol. The van der Waals surface area contributed by atoms with E-state index in [4.69, 9.17) is 33.5 Å². The van der Waals surface area contributed by atoms with Crippen molar-refractivity contribution in [2.75, 3.05) is 5.73 Å². The molecule has 0 atom stereocenters. The highest BCUT2D eigenvalue weighted by atomic mass is 35.5. The summed E-state index contributed by atoms with van der Waals surface area (Å²) in [4.78, 5) is 4.35. The van der Waals surface area contributed by atoms with Gasteiger partial charge in [-0.1, -0.05) is 40.5 Å². The van der Waals surface area contributed by atoms with Crippen molar-refractivity contribution in [1.82, 2.24) is 10.1 Å². The van der Waals surface area contributed by atoms with Gasteiger partial charge in [-0.15, -0.1) is 0 Å². The zero-order chi connectivity index (χ0) is 14.8. The Hall–Kier alpha value is -2.04. The van der Waals surface area contributed by atoms with Gasteiger partial charge in [-0.2, -0.15) is 4.98 Å². The molecule has 0 aliphatic heterocycles. The number of benzene rings is 2. The van der Waals surface area contributed by atoms with Gasteiger partial charge in [0.15, 0.2) is 5.82 Å². The fourth-order valence-electron chi connectivity index (χ4n) is 1.97. The van der Waals surface area contributed by atoms with Crippen molar-refractivity contribution in [2.45, 2.75) is 6.42 Å². The summed E-state index contributed by atoms with van der Waals surface area (Å²) in [5.74, 6) is 0.912. The van der Waals surface area contributed by atoms with Crippen LogP contribution in [0.25, 0.3) is 11.5 Å². The van der Waals surface area contributed by atoms with Crippen LogP contribution in [-0.2, 0) is 6.42 Å². The number of rotatable bonds is 3. The lowest BCUT2D eigenvalue weighted by Gasteiger charge is -1.99. The Bertz CT molecular complexity index is 786. The highest BCUT2D eigenvalue weighted by molar-refractivity contribution is 6.33. The zero-order valence-electron chi connectivity index (χ0n) is 10.9. The summed E-state index contributed by atoms with van der Waals surface area (Å²) >= 11 is 12.1. The van der Waals surface area contributed by atoms with Crippen LogP contribution in [0.4, 0.5) is 5.69 Å². The molecule has 21 heavy (non-hydrogen) atoms. The van der Waals surface area contributed by atoms with E-state index in [9.17, 15) is 0 Å². The lowest BCUT2D eigenvalue weighted by atomic mass is 10.1. The van der Waals surface area contributed by atoms with Gasteiger partial charge in [0.05, 0.1) is 10.6 Å². The first kappa shape index (κ1) is 13.9. The summed E-state index contributed by atoms with van der Waals surface area (Å²) in [6.07, 6.45) is 0.532. The molecule has 106 valence electrons. The van der Waals surface area contributed by atoms with Gasteiger partial charge < -0.3 is 10.3 Å². The summed E-state index contributed by atoms with van der Waals surface area (Å²) in [5.41, 5.74) is 7.97. The van der Waals surface area contributed by atoms with Gasteiger partial charge in [-0.05, 0) is 35.9 Å². The maximum Gasteiger partial charge on any atom is 0.259 e. The maximum atomic E-state index is 6.12. The van der Waals surface area contributed by atoms with E-state index in [1.54, 1.807) is 18.2 Å². The fourth-order valence-corrected chi connectivity index (χ4v) is 2.38. The Labute approximate surface area is 131 Å². The Morgan fingerprint density at radius 1 is 1.10 bits per heavy atom. The fraction of sp³-hybridized carbons (Fsp3) is 0.0667. The first-order chi connectivity index (χ1) is 10.1. The lowest BCUT2D eigenvalue weighted by molar-refractivity contribution is 0.424. The Kier molecular flexibility index (Phi) is 3.82. The SMILES string of the molecule is Nc1ccc(Cl)c(-c2nc(Cc3cccc(Cl)c3)no2)c1. The number of halogens is 2. The Balaban J connectivity index is 1.88. The van der Waals surface area contributed by atoms with Gasteiger partial charge in [-0.3, -0.25) is 0 Å². The smallest absolute Gasteiger partial charge is 0.259 e. The quantitative estimate of drug-likeness (QED) is 0.734. The first-order valence-electron chi connectivity index (χ1n) is 6.24. The van der Waals surface area contributed by atoms with E-state index in [1.807, 2.05) is 24.3 Å². The number of anilines is 1. The van der Waals surface area contributed by atoms with Gasteiger partial charge in [0.2, 0.25) is 0 Å². The summed E-state index contributed by atoms with van der Waals surface area (Å²) in [6.45, 7) is 0. The van der Waals surface area contributed by atoms with E-state index in [-0.39, 0.29) is 0 Å². The molecule has 0 amide bonds. The second kappa shape index (κ2) is 5.76. The molecule has 0 fully saturated rings. The lowest BCUT2D eigenvalue weighted by Crippen LogP contribution is -1.91. The summed E-state index contributed by atoms with van der Waals surface area (Å²) < 4.78 is 5.25. The standard InChI is InChI=1S/C15H11Cl2N3O/c16-10-3-1-2-9(6-10)7-14-19-15(21-20-14)12-8-11(18)4-5-13(12)17/h1-6,8H,7,18H2. The average Bonchev–Trinajstić information content (AvgIpc) is 2.90. The molecule has 3 rings (SSSR count). The van der Waals surface area contributed by atoms with Crippen LogP contribution in [0, 0.1) is 0 Å². The molecule has 0 radical (unpaired) electrons. The molecule has 0 aliphatic carbocycles. The van der Waals surface area contributed by atoms with E-state index >= 15 is 0 Å². The van der Waals surface area contributed by atoms with Crippen molar-refractivity contribution >= 4 is 28.9 Å². The third kappa shape index (κ3) is 3.17. The molecule has 0 saturated carbocycles. The van der Waals surface area contributed by atoms with E-state index in [0.29, 0.717) is 39.4 Å². The third-order valence-corrected chi connectivity index (χ3v) is 3.50. The van der Waals surface area contributed by atoms with Crippen molar-refractivity contribution < 1.29 is 4.52 Å². The molecular weight excluding hydrogens is 309 g/mol. The minimum Gasteiger partial charge on any atom is -0.399 e. The average molecular weight is 320 g/mol. The van der Waals surface area contributed by atoms with Gasteiger partial charge in [0.1, 0.15) is 0 Å². The van der Waals surface area contributed by atoms with Crippen molar-refractivity contribution in [3.8, 4) is 11.5 Å². The second-order valence-corrected chi connectivity index (χ2v) is 5.41. The van der Waals surface area contributed by atoms with Crippen molar-refractivity contribution in [1.29, 1.82) is 0 Å². The molecule has 3 aromatic rings. The number of aromatic nitrogens is 2. The number of nitrogen functional groups attached to an aromatic ring is 1. The zero-order valence-corrected chi connectivity index (χ0v) is 12.4. The van der Waals surface area contributed by atoms with Crippen LogP contribution in [0.1, 0.15) is 11.4 Å². The van der Waals surface area contributed by atoms with E-state index in [2.05, 4.69) is 10.1 Å². The molecule has 1 heterocycles. The van der Waals surface area contributed by atoms with E-state index in [1.165, 1.54) is 0 Å². The molecular formula is C15H11Cl2N3O. The molecule has 0 saturated heterocycles. The number of nitrogens with two attached hydrogens (primary N) is 1. The van der Waals surface area contributed by atoms with Gasteiger partial charge >= 0.3 is 0 Å². The van der Waals surface area contributed by atoms with Crippen molar-refractivity contribution in [2.24, 2.45) is 0 Å². The minimum absolute atomic E-state index is 0.351. The van der Waals surface area contributed by atoms with Crippen LogP contribution in [0.15, 0.2) is 47.0 Å². The first-order valence-corrected chi connectivity index (χ1v) is 7.00. The number of nitrogens with zero attached hydrogens (tertiary/aromatic N) is 2. The van der Waals surface area contributed by atoms with Crippen molar-refractivity contribution in [3.05, 3.63) is 63.9 Å². The van der Waals surface area contributed by atoms with Crippen molar-refractivity contribution in [3.63, 3.8) is 0 Å². The predicted octanol–water partition coefficient (Wildman–Crippen LogP) is 4.22. The summed E-state index contributed by atoms with van der Waals surface area (Å²) in [7, 11) is 0. The van der Waals surface area contributed by atoms with Crippen LogP contribution < -0.4 is 5.73 Å². The summed E-state index contributed by atoms with van der Waals surface area (Å²) in [5, 5.41) is 5.15. The minimum atomic E-state index is 0.351. The molecule has 2 aromatic carbocycles. The molecule has 0 unspecified atom stereocenters. The topological polar surface area (TPSA) is 64.9 Å². The summed E-state index contributed by atoms with van der Waals surface area (Å²) in [6, 6.07) is 12.6. The van der Waals surface area contributed by atoms with E-state index in [0.717, 1.165) is 5.56 Å². The molecule has 0 spiro atoms. The molecule has 4 nitrogen and oxygen atoms in total. The second-order valence-electron chi connectivity index (χ2n) is 4.56. The molecule has 0 bridgehead atoms. The Morgan fingerprint density at radius 3 is 2.76 bits per heavy atom. The van der Waals surface area contributed by atoms with E-state index < -0.39 is 0 Å². The normalized spacial score (nSPS) is 10.8. The third-order valence-electron chi connectivity index (χ3n) is 2.94. The maximum absolute atomic E-state index is 6.12. The highest BCUT2D eigenvalue weighted by Gasteiger charge is 2.13. The van der Waals surface area contributed by atoms with Crippen LogP contribution in [0.3, 0.4) is 0 Å². The van der Waals surface area contributed by atoms with Crippen LogP contribution in [-0.4, -0.2) is 10.1 Å². The Morgan fingerprint density at radius 2 is 1.95 bits per heavy atom. The van der Waals surface area contributed by atoms with Gasteiger partial charge in [0, 0.05) is 17.1 Å². The number of hydrogen-bond donors (Lipinski definition) is 1. The highest BCUT2D eigenvalue weighted by Crippen LogP contribution is 2.28. The van der Waals surface area contributed by atoms with Gasteiger partial charge in [0.25, 0.3) is 5.89 Å².